The second-order valence-electron chi connectivity index (χ2n) is 8.05. The summed E-state index contributed by atoms with van der Waals surface area (Å²) in [5.41, 5.74) is 1.80. The van der Waals surface area contributed by atoms with Gasteiger partial charge in [0.25, 0.3) is 0 Å². The molecule has 1 aliphatic heterocycles. The fourth-order valence-corrected chi connectivity index (χ4v) is 3.64. The van der Waals surface area contributed by atoms with E-state index in [-0.39, 0.29) is 24.8 Å². The minimum absolute atomic E-state index is 0.160. The average molecular weight is 453 g/mol. The number of anilines is 2. The molecule has 174 valence electrons. The topological polar surface area (TPSA) is 128 Å². The van der Waals surface area contributed by atoms with Gasteiger partial charge < -0.3 is 21.1 Å². The molecule has 3 atom stereocenters. The first-order valence-corrected chi connectivity index (χ1v) is 10.8. The van der Waals surface area contributed by atoms with Crippen molar-refractivity contribution in [1.29, 1.82) is 0 Å². The molecule has 0 fully saturated rings. The molecule has 2 aromatic rings. The minimum Gasteiger partial charge on any atom is -0.480 e. The largest absolute Gasteiger partial charge is 0.480 e. The van der Waals surface area contributed by atoms with Gasteiger partial charge in [0.1, 0.15) is 18.6 Å². The number of rotatable bonds is 8. The molecule has 4 N–H and O–H groups in total. The van der Waals surface area contributed by atoms with Crippen LogP contribution in [0.25, 0.3) is 0 Å². The molecule has 0 unspecified atom stereocenters. The maximum atomic E-state index is 13.2. The van der Waals surface area contributed by atoms with Crippen LogP contribution in [-0.2, 0) is 20.8 Å². The molecule has 0 aliphatic carbocycles. The summed E-state index contributed by atoms with van der Waals surface area (Å²) in [4.78, 5) is 51.4. The first-order chi connectivity index (χ1) is 15.8. The number of urea groups is 1. The quantitative estimate of drug-likeness (QED) is 0.489. The number of carbonyl (C=O) groups excluding carboxylic acids is 3. The van der Waals surface area contributed by atoms with Crippen molar-refractivity contribution >= 4 is 35.2 Å². The van der Waals surface area contributed by atoms with Crippen molar-refractivity contribution in [2.24, 2.45) is 5.92 Å². The van der Waals surface area contributed by atoms with Gasteiger partial charge in [-0.3, -0.25) is 14.5 Å². The molecule has 33 heavy (non-hydrogen) atoms. The van der Waals surface area contributed by atoms with E-state index in [0.29, 0.717) is 17.8 Å². The number of nitrogens with one attached hydrogen (secondary N) is 3. The minimum atomic E-state index is -1.14. The average Bonchev–Trinajstić information content (AvgIpc) is 2.81. The molecule has 0 aromatic heterocycles. The zero-order valence-corrected chi connectivity index (χ0v) is 18.6. The molecule has 9 heteroatoms. The highest BCUT2D eigenvalue weighted by Gasteiger charge is 2.32. The summed E-state index contributed by atoms with van der Waals surface area (Å²) < 4.78 is 0. The van der Waals surface area contributed by atoms with E-state index in [1.807, 2.05) is 37.3 Å². The summed E-state index contributed by atoms with van der Waals surface area (Å²) >= 11 is 0. The van der Waals surface area contributed by atoms with Gasteiger partial charge >= 0.3 is 12.0 Å². The molecule has 0 saturated carbocycles. The third-order valence-corrected chi connectivity index (χ3v) is 5.69. The van der Waals surface area contributed by atoms with E-state index in [2.05, 4.69) is 16.0 Å². The predicted molar refractivity (Wildman–Crippen MR) is 124 cm³/mol. The molecule has 0 bridgehead atoms. The van der Waals surface area contributed by atoms with Crippen LogP contribution in [0.3, 0.4) is 0 Å². The van der Waals surface area contributed by atoms with Crippen LogP contribution in [0, 0.1) is 5.92 Å². The number of benzene rings is 2. The number of aliphatic carboxylic acids is 1. The molecule has 4 amide bonds. The Morgan fingerprint density at radius 1 is 1.06 bits per heavy atom. The number of fused-ring (bicyclic) bond motifs is 1. The Bertz CT molecular complexity index is 1030. The number of carboxylic acids is 1. The van der Waals surface area contributed by atoms with E-state index in [9.17, 15) is 24.3 Å². The maximum absolute atomic E-state index is 13.2. The zero-order valence-electron chi connectivity index (χ0n) is 18.6. The lowest BCUT2D eigenvalue weighted by atomic mass is 9.98. The molecule has 1 aliphatic rings. The van der Waals surface area contributed by atoms with Gasteiger partial charge in [0, 0.05) is 6.42 Å². The molecular weight excluding hydrogens is 424 g/mol. The maximum Gasteiger partial charge on any atom is 0.326 e. The van der Waals surface area contributed by atoms with Crippen LogP contribution in [0.4, 0.5) is 16.2 Å². The van der Waals surface area contributed by atoms with Crippen LogP contribution in [0.15, 0.2) is 54.6 Å². The SMILES string of the molecule is CC[C@H](C)[C@H](NC(=O)[C@H](Cc1ccccc1)NC(=O)N1CC(=O)Nc2ccccc21)C(=O)O. The number of carbonyl (C=O) groups is 4. The van der Waals surface area contributed by atoms with E-state index in [1.165, 1.54) is 4.90 Å². The second-order valence-corrected chi connectivity index (χ2v) is 8.05. The third-order valence-electron chi connectivity index (χ3n) is 5.69. The summed E-state index contributed by atoms with van der Waals surface area (Å²) in [5.74, 6) is -2.38. The fraction of sp³-hybridized carbons (Fsp3) is 0.333. The van der Waals surface area contributed by atoms with Crippen LogP contribution in [0.2, 0.25) is 0 Å². The lowest BCUT2D eigenvalue weighted by Crippen LogP contribution is -2.57. The monoisotopic (exact) mass is 452 g/mol. The summed E-state index contributed by atoms with van der Waals surface area (Å²) in [7, 11) is 0. The van der Waals surface area contributed by atoms with E-state index in [4.69, 9.17) is 0 Å². The number of carboxylic acid groups (broad SMARTS) is 1. The number of hydrogen-bond donors (Lipinski definition) is 4. The van der Waals surface area contributed by atoms with Crippen molar-refractivity contribution in [2.75, 3.05) is 16.8 Å². The van der Waals surface area contributed by atoms with Crippen LogP contribution in [0.5, 0.6) is 0 Å². The summed E-state index contributed by atoms with van der Waals surface area (Å²) in [6, 6.07) is 13.2. The Balaban J connectivity index is 1.84. The Morgan fingerprint density at radius 2 is 1.73 bits per heavy atom. The van der Waals surface area contributed by atoms with Crippen LogP contribution in [0.1, 0.15) is 25.8 Å². The van der Waals surface area contributed by atoms with Crippen molar-refractivity contribution in [3.8, 4) is 0 Å². The molecule has 1 heterocycles. The molecule has 2 aromatic carbocycles. The molecule has 0 radical (unpaired) electrons. The number of para-hydroxylation sites is 2. The lowest BCUT2D eigenvalue weighted by Gasteiger charge is -2.31. The Morgan fingerprint density at radius 3 is 2.39 bits per heavy atom. The van der Waals surface area contributed by atoms with Crippen molar-refractivity contribution < 1.29 is 24.3 Å². The smallest absolute Gasteiger partial charge is 0.326 e. The first-order valence-electron chi connectivity index (χ1n) is 10.8. The van der Waals surface area contributed by atoms with Gasteiger partial charge in [-0.1, -0.05) is 62.7 Å². The van der Waals surface area contributed by atoms with Gasteiger partial charge in [0.05, 0.1) is 11.4 Å². The Labute approximate surface area is 192 Å². The predicted octanol–water partition coefficient (Wildman–Crippen LogP) is 2.38. The molecule has 9 nitrogen and oxygen atoms in total. The van der Waals surface area contributed by atoms with E-state index >= 15 is 0 Å². The van der Waals surface area contributed by atoms with Crippen molar-refractivity contribution in [3.05, 3.63) is 60.2 Å². The molecule has 3 rings (SSSR count). The van der Waals surface area contributed by atoms with Crippen LogP contribution >= 0.6 is 0 Å². The second kappa shape index (κ2) is 10.6. The fourth-order valence-electron chi connectivity index (χ4n) is 3.64. The third kappa shape index (κ3) is 5.88. The van der Waals surface area contributed by atoms with E-state index in [1.54, 1.807) is 31.2 Å². The normalized spacial score (nSPS) is 15.5. The number of nitrogens with zero attached hydrogens (tertiary/aromatic N) is 1. The van der Waals surface area contributed by atoms with Crippen LogP contribution < -0.4 is 20.9 Å². The van der Waals surface area contributed by atoms with Crippen molar-refractivity contribution in [1.82, 2.24) is 10.6 Å². The highest BCUT2D eigenvalue weighted by atomic mass is 16.4. The summed E-state index contributed by atoms with van der Waals surface area (Å²) in [5, 5.41) is 17.5. The van der Waals surface area contributed by atoms with Gasteiger partial charge in [-0.25, -0.2) is 9.59 Å². The number of hydrogen-bond acceptors (Lipinski definition) is 4. The van der Waals surface area contributed by atoms with Gasteiger partial charge in [-0.15, -0.1) is 0 Å². The molecule has 0 spiro atoms. The van der Waals surface area contributed by atoms with E-state index in [0.717, 1.165) is 5.56 Å². The highest BCUT2D eigenvalue weighted by Crippen LogP contribution is 2.28. The molecular formula is C24H28N4O5. The zero-order chi connectivity index (χ0) is 24.0. The first kappa shape index (κ1) is 23.8. The van der Waals surface area contributed by atoms with Gasteiger partial charge in [-0.05, 0) is 23.6 Å². The van der Waals surface area contributed by atoms with E-state index < -0.39 is 30.0 Å². The van der Waals surface area contributed by atoms with Gasteiger partial charge in [0.15, 0.2) is 0 Å². The standard InChI is InChI=1S/C24H28N4O5/c1-3-15(2)21(23(31)32)27-22(30)18(13-16-9-5-4-6-10-16)26-24(33)28-14-20(29)25-17-11-7-8-12-19(17)28/h4-12,15,18,21H,3,13-14H2,1-2H3,(H,25,29)(H,26,33)(H,27,30)(H,31,32)/t15-,18-,21-/m0/s1. The Kier molecular flexibility index (Phi) is 7.66. The van der Waals surface area contributed by atoms with Gasteiger partial charge in [0.2, 0.25) is 11.8 Å². The van der Waals surface area contributed by atoms with Crippen molar-refractivity contribution in [2.45, 2.75) is 38.8 Å². The number of amides is 4. The highest BCUT2D eigenvalue weighted by molar-refractivity contribution is 6.10. The van der Waals surface area contributed by atoms with Crippen molar-refractivity contribution in [3.63, 3.8) is 0 Å². The molecule has 0 saturated heterocycles. The summed E-state index contributed by atoms with van der Waals surface area (Å²) in [6.45, 7) is 3.38. The lowest BCUT2D eigenvalue weighted by molar-refractivity contribution is -0.143. The van der Waals surface area contributed by atoms with Gasteiger partial charge in [-0.2, -0.15) is 0 Å². The Hall–Kier alpha value is -3.88. The summed E-state index contributed by atoms with van der Waals surface area (Å²) in [6.07, 6.45) is 0.722. The van der Waals surface area contributed by atoms with Crippen LogP contribution in [-0.4, -0.2) is 47.5 Å².